The maximum absolute atomic E-state index is 12.4. The van der Waals surface area contributed by atoms with Gasteiger partial charge in [-0.2, -0.15) is 0 Å². The van der Waals surface area contributed by atoms with Gasteiger partial charge in [0.05, 0.1) is 0 Å². The van der Waals surface area contributed by atoms with Crippen LogP contribution < -0.4 is 5.32 Å². The summed E-state index contributed by atoms with van der Waals surface area (Å²) in [7, 11) is 1.86. The van der Waals surface area contributed by atoms with Gasteiger partial charge in [-0.3, -0.25) is 4.79 Å². The predicted molar refractivity (Wildman–Crippen MR) is 84.6 cm³/mol. The van der Waals surface area contributed by atoms with Crippen molar-refractivity contribution in [3.63, 3.8) is 0 Å². The van der Waals surface area contributed by atoms with Gasteiger partial charge in [0.2, 0.25) is 0 Å². The fourth-order valence-corrected chi connectivity index (χ4v) is 2.08. The maximum atomic E-state index is 12.4. The van der Waals surface area contributed by atoms with Gasteiger partial charge in [0.25, 0.3) is 0 Å². The number of rotatable bonds is 3. The minimum Gasteiger partial charge on any atom is -0.388 e. The average Bonchev–Trinajstić information content (AvgIpc) is 2.46. The van der Waals surface area contributed by atoms with Gasteiger partial charge in [-0.1, -0.05) is 45.0 Å². The molecule has 0 atom stereocenters. The number of anilines is 1. The number of carbonyl (C=O) groups excluding carboxylic acids is 1. The highest BCUT2D eigenvalue weighted by Crippen LogP contribution is 2.23. The number of nitrogens with one attached hydrogen (secondary N) is 1. The molecule has 2 aromatic rings. The van der Waals surface area contributed by atoms with Crippen LogP contribution in [0.3, 0.4) is 0 Å². The molecule has 0 fully saturated rings. The summed E-state index contributed by atoms with van der Waals surface area (Å²) in [5.74, 6) is 0.0631. The van der Waals surface area contributed by atoms with E-state index in [0.717, 1.165) is 11.3 Å². The lowest BCUT2D eigenvalue weighted by molar-refractivity contribution is 0.103. The first-order valence-corrected chi connectivity index (χ1v) is 6.85. The molecule has 0 radical (unpaired) electrons. The average molecular weight is 267 g/mol. The van der Waals surface area contributed by atoms with Crippen LogP contribution >= 0.6 is 0 Å². The molecule has 2 nitrogen and oxygen atoms in total. The molecule has 0 amide bonds. The highest BCUT2D eigenvalue weighted by molar-refractivity contribution is 6.09. The van der Waals surface area contributed by atoms with E-state index in [9.17, 15) is 4.79 Å². The second-order valence-electron chi connectivity index (χ2n) is 5.98. The van der Waals surface area contributed by atoms with Crippen molar-refractivity contribution in [2.45, 2.75) is 26.2 Å². The van der Waals surface area contributed by atoms with Crippen molar-refractivity contribution >= 4 is 11.5 Å². The van der Waals surface area contributed by atoms with Crippen LogP contribution in [0.4, 0.5) is 5.69 Å². The molecule has 0 bridgehead atoms. The minimum atomic E-state index is 0.0631. The molecule has 0 heterocycles. The van der Waals surface area contributed by atoms with Crippen LogP contribution in [-0.4, -0.2) is 12.8 Å². The molecule has 104 valence electrons. The van der Waals surface area contributed by atoms with Gasteiger partial charge >= 0.3 is 0 Å². The van der Waals surface area contributed by atoms with Gasteiger partial charge in [0.15, 0.2) is 5.78 Å². The Morgan fingerprint density at radius 1 is 0.850 bits per heavy atom. The molecule has 1 N–H and O–H groups in total. The first-order chi connectivity index (χ1) is 9.41. The zero-order valence-electron chi connectivity index (χ0n) is 12.5. The van der Waals surface area contributed by atoms with Gasteiger partial charge in [0, 0.05) is 23.9 Å². The fraction of sp³-hybridized carbons (Fsp3) is 0.278. The molecular weight excluding hydrogens is 246 g/mol. The van der Waals surface area contributed by atoms with E-state index in [1.165, 1.54) is 5.56 Å². The Kier molecular flexibility index (Phi) is 3.93. The van der Waals surface area contributed by atoms with Gasteiger partial charge in [-0.25, -0.2) is 0 Å². The first-order valence-electron chi connectivity index (χ1n) is 6.85. The van der Waals surface area contributed by atoms with Crippen molar-refractivity contribution in [3.8, 4) is 0 Å². The SMILES string of the molecule is CNc1ccc(C(=O)c2ccc(C(C)(C)C)cc2)cc1. The van der Waals surface area contributed by atoms with Gasteiger partial charge in [-0.15, -0.1) is 0 Å². The van der Waals surface area contributed by atoms with Crippen molar-refractivity contribution in [3.05, 3.63) is 65.2 Å². The normalized spacial score (nSPS) is 11.2. The van der Waals surface area contributed by atoms with Crippen molar-refractivity contribution < 1.29 is 4.79 Å². The Hall–Kier alpha value is -2.09. The summed E-state index contributed by atoms with van der Waals surface area (Å²) in [6.07, 6.45) is 0. The summed E-state index contributed by atoms with van der Waals surface area (Å²) >= 11 is 0. The fourth-order valence-electron chi connectivity index (χ4n) is 2.08. The van der Waals surface area contributed by atoms with Crippen molar-refractivity contribution in [2.24, 2.45) is 0 Å². The number of carbonyl (C=O) groups is 1. The van der Waals surface area contributed by atoms with E-state index >= 15 is 0 Å². The Balaban J connectivity index is 2.24. The van der Waals surface area contributed by atoms with Gasteiger partial charge in [0.1, 0.15) is 0 Å². The van der Waals surface area contributed by atoms with E-state index in [1.807, 2.05) is 55.6 Å². The molecule has 2 rings (SSSR count). The van der Waals surface area contributed by atoms with Crippen LogP contribution in [0.1, 0.15) is 42.3 Å². The molecule has 0 saturated carbocycles. The quantitative estimate of drug-likeness (QED) is 0.842. The molecule has 0 saturated heterocycles. The second kappa shape index (κ2) is 5.49. The zero-order chi connectivity index (χ0) is 14.8. The molecule has 0 aliphatic rings. The number of hydrogen-bond acceptors (Lipinski definition) is 2. The van der Waals surface area contributed by atoms with Crippen LogP contribution in [0.15, 0.2) is 48.5 Å². The molecule has 2 heteroatoms. The van der Waals surface area contributed by atoms with Crippen LogP contribution in [0.25, 0.3) is 0 Å². The predicted octanol–water partition coefficient (Wildman–Crippen LogP) is 4.26. The largest absolute Gasteiger partial charge is 0.388 e. The standard InChI is InChI=1S/C18H21NO/c1-18(2,3)15-9-5-13(6-10-15)17(20)14-7-11-16(19-4)12-8-14/h5-12,19H,1-4H3. The molecule has 0 spiro atoms. The smallest absolute Gasteiger partial charge is 0.193 e. The third-order valence-corrected chi connectivity index (χ3v) is 3.45. The second-order valence-corrected chi connectivity index (χ2v) is 5.98. The topological polar surface area (TPSA) is 29.1 Å². The van der Waals surface area contributed by atoms with E-state index in [-0.39, 0.29) is 11.2 Å². The van der Waals surface area contributed by atoms with E-state index in [4.69, 9.17) is 0 Å². The Labute approximate surface area is 120 Å². The summed E-state index contributed by atoms with van der Waals surface area (Å²) in [5, 5.41) is 3.05. The van der Waals surface area contributed by atoms with Crippen molar-refractivity contribution in [1.29, 1.82) is 0 Å². The molecule has 20 heavy (non-hydrogen) atoms. The lowest BCUT2D eigenvalue weighted by Gasteiger charge is -2.19. The van der Waals surface area contributed by atoms with Crippen LogP contribution in [-0.2, 0) is 5.41 Å². The monoisotopic (exact) mass is 267 g/mol. The van der Waals surface area contributed by atoms with E-state index < -0.39 is 0 Å². The van der Waals surface area contributed by atoms with E-state index in [0.29, 0.717) is 5.56 Å². The summed E-state index contributed by atoms with van der Waals surface area (Å²) in [5.41, 5.74) is 3.79. The van der Waals surface area contributed by atoms with Crippen molar-refractivity contribution in [1.82, 2.24) is 0 Å². The van der Waals surface area contributed by atoms with Crippen LogP contribution in [0.5, 0.6) is 0 Å². The third kappa shape index (κ3) is 3.08. The summed E-state index contributed by atoms with van der Waals surface area (Å²) in [6.45, 7) is 6.50. The zero-order valence-corrected chi connectivity index (χ0v) is 12.5. The first kappa shape index (κ1) is 14.3. The lowest BCUT2D eigenvalue weighted by Crippen LogP contribution is -2.11. The molecule has 2 aromatic carbocycles. The van der Waals surface area contributed by atoms with Gasteiger partial charge in [-0.05, 0) is 35.2 Å². The van der Waals surface area contributed by atoms with Crippen molar-refractivity contribution in [2.75, 3.05) is 12.4 Å². The van der Waals surface area contributed by atoms with E-state index in [1.54, 1.807) is 0 Å². The highest BCUT2D eigenvalue weighted by Gasteiger charge is 2.14. The summed E-state index contributed by atoms with van der Waals surface area (Å²) in [6, 6.07) is 15.4. The number of hydrogen-bond donors (Lipinski definition) is 1. The molecule has 0 aromatic heterocycles. The maximum Gasteiger partial charge on any atom is 0.193 e. The van der Waals surface area contributed by atoms with Gasteiger partial charge < -0.3 is 5.32 Å². The third-order valence-electron chi connectivity index (χ3n) is 3.45. The lowest BCUT2D eigenvalue weighted by atomic mass is 9.86. The number of benzene rings is 2. The highest BCUT2D eigenvalue weighted by atomic mass is 16.1. The van der Waals surface area contributed by atoms with Crippen LogP contribution in [0.2, 0.25) is 0 Å². The molecule has 0 aliphatic heterocycles. The molecule has 0 aliphatic carbocycles. The molecule has 0 unspecified atom stereocenters. The Morgan fingerprint density at radius 2 is 1.30 bits per heavy atom. The van der Waals surface area contributed by atoms with E-state index in [2.05, 4.69) is 26.1 Å². The van der Waals surface area contributed by atoms with Crippen LogP contribution in [0, 0.1) is 0 Å². The summed E-state index contributed by atoms with van der Waals surface area (Å²) in [4.78, 5) is 12.4. The summed E-state index contributed by atoms with van der Waals surface area (Å²) < 4.78 is 0. The molecular formula is C18H21NO. The Bertz CT molecular complexity index is 589. The number of ketones is 1. The minimum absolute atomic E-state index is 0.0631. The Morgan fingerprint density at radius 3 is 1.70 bits per heavy atom.